The van der Waals surface area contributed by atoms with Crippen LogP contribution in [0.15, 0.2) is 41.3 Å². The van der Waals surface area contributed by atoms with Gasteiger partial charge in [0.25, 0.3) is 0 Å². The van der Waals surface area contributed by atoms with Gasteiger partial charge in [-0.15, -0.1) is 11.8 Å². The number of Topliss-reactive ketones (excluding diaryl/α,β-unsaturated/α-hetero) is 1. The number of phenolic OH excluding ortho intramolecular Hbond substituents is 1. The van der Waals surface area contributed by atoms with Gasteiger partial charge in [0.05, 0.1) is 12.2 Å². The van der Waals surface area contributed by atoms with E-state index in [9.17, 15) is 14.3 Å². The monoisotopic (exact) mass is 390 g/mol. The number of phenols is 1. The van der Waals surface area contributed by atoms with Crippen LogP contribution in [-0.4, -0.2) is 23.2 Å². The molecule has 0 spiro atoms. The van der Waals surface area contributed by atoms with Crippen LogP contribution in [0.1, 0.15) is 49.0 Å². The molecule has 0 saturated heterocycles. The molecule has 0 fully saturated rings. The third kappa shape index (κ3) is 6.58. The Morgan fingerprint density at radius 2 is 2.00 bits per heavy atom. The molecule has 2 aromatic rings. The van der Waals surface area contributed by atoms with Gasteiger partial charge in [-0.1, -0.05) is 19.9 Å². The normalized spacial score (nSPS) is 11.0. The van der Waals surface area contributed by atoms with Crippen molar-refractivity contribution < 1.29 is 19.0 Å². The van der Waals surface area contributed by atoms with Crippen LogP contribution < -0.4 is 4.74 Å². The van der Waals surface area contributed by atoms with E-state index in [0.29, 0.717) is 29.9 Å². The highest BCUT2D eigenvalue weighted by molar-refractivity contribution is 7.99. The molecule has 0 atom stereocenters. The van der Waals surface area contributed by atoms with E-state index in [0.717, 1.165) is 23.5 Å². The molecule has 0 aliphatic rings. The van der Waals surface area contributed by atoms with E-state index in [1.807, 2.05) is 19.9 Å². The molecule has 0 aliphatic carbocycles. The van der Waals surface area contributed by atoms with Crippen LogP contribution in [0.3, 0.4) is 0 Å². The van der Waals surface area contributed by atoms with Crippen molar-refractivity contribution in [1.29, 1.82) is 0 Å². The molecular weight excluding hydrogens is 363 g/mol. The molecule has 0 radical (unpaired) electrons. The Hall–Kier alpha value is -2.01. The number of carbonyl (C=O) groups is 1. The second-order valence-corrected chi connectivity index (χ2v) is 8.14. The third-order valence-corrected chi connectivity index (χ3v) is 5.22. The van der Waals surface area contributed by atoms with Crippen molar-refractivity contribution in [3.8, 4) is 11.5 Å². The van der Waals surface area contributed by atoms with Crippen LogP contribution in [0.5, 0.6) is 11.5 Å². The van der Waals surface area contributed by atoms with Gasteiger partial charge in [-0.2, -0.15) is 0 Å². The number of aromatic hydroxyl groups is 1. The zero-order chi connectivity index (χ0) is 19.8. The van der Waals surface area contributed by atoms with E-state index in [2.05, 4.69) is 0 Å². The molecule has 2 aromatic carbocycles. The Labute approximate surface area is 164 Å². The predicted octanol–water partition coefficient (Wildman–Crippen LogP) is 6.02. The van der Waals surface area contributed by atoms with E-state index < -0.39 is 0 Å². The van der Waals surface area contributed by atoms with Gasteiger partial charge in [-0.25, -0.2) is 4.39 Å². The van der Waals surface area contributed by atoms with Gasteiger partial charge in [0, 0.05) is 16.9 Å². The van der Waals surface area contributed by atoms with Crippen molar-refractivity contribution in [3.05, 3.63) is 53.3 Å². The summed E-state index contributed by atoms with van der Waals surface area (Å²) in [6.45, 7) is 6.25. The van der Waals surface area contributed by atoms with Crippen LogP contribution in [0, 0.1) is 18.7 Å². The molecular formula is C22H27FO3S. The lowest BCUT2D eigenvalue weighted by Crippen LogP contribution is -2.06. The molecule has 0 amide bonds. The summed E-state index contributed by atoms with van der Waals surface area (Å²) in [6.07, 6.45) is 2.21. The fourth-order valence-corrected chi connectivity index (χ4v) is 3.63. The first kappa shape index (κ1) is 21.3. The summed E-state index contributed by atoms with van der Waals surface area (Å²) in [7, 11) is 0. The smallest absolute Gasteiger partial charge is 0.166 e. The van der Waals surface area contributed by atoms with Crippen LogP contribution >= 0.6 is 11.8 Å². The van der Waals surface area contributed by atoms with Gasteiger partial charge < -0.3 is 9.84 Å². The zero-order valence-corrected chi connectivity index (χ0v) is 16.9. The number of hydrogen-bond donors (Lipinski definition) is 1. The lowest BCUT2D eigenvalue weighted by atomic mass is 9.98. The van der Waals surface area contributed by atoms with E-state index in [4.69, 9.17) is 4.74 Å². The lowest BCUT2D eigenvalue weighted by Gasteiger charge is -2.13. The van der Waals surface area contributed by atoms with Crippen LogP contribution in [0.25, 0.3) is 0 Å². The van der Waals surface area contributed by atoms with Gasteiger partial charge in [0.2, 0.25) is 0 Å². The lowest BCUT2D eigenvalue weighted by molar-refractivity contribution is 0.0965. The summed E-state index contributed by atoms with van der Waals surface area (Å²) in [5.41, 5.74) is 0.957. The highest BCUT2D eigenvalue weighted by Gasteiger charge is 2.16. The number of ketones is 1. The molecule has 0 saturated carbocycles. The Bertz CT molecular complexity index is 774. The van der Waals surface area contributed by atoms with Crippen molar-refractivity contribution >= 4 is 17.5 Å². The van der Waals surface area contributed by atoms with Crippen LogP contribution in [0.2, 0.25) is 0 Å². The fraction of sp³-hybridized carbons (Fsp3) is 0.409. The number of carbonyl (C=O) groups excluding carboxylic acids is 1. The SMILES string of the molecule is Cc1c(OCCCCSc2cccc(F)c2)ccc(C(=O)CC(C)C)c1O. The summed E-state index contributed by atoms with van der Waals surface area (Å²) in [4.78, 5) is 13.1. The zero-order valence-electron chi connectivity index (χ0n) is 16.1. The second-order valence-electron chi connectivity index (χ2n) is 6.97. The maximum atomic E-state index is 13.1. The quantitative estimate of drug-likeness (QED) is 0.306. The summed E-state index contributed by atoms with van der Waals surface area (Å²) < 4.78 is 18.9. The van der Waals surface area contributed by atoms with Crippen molar-refractivity contribution in [2.75, 3.05) is 12.4 Å². The minimum Gasteiger partial charge on any atom is -0.507 e. The highest BCUT2D eigenvalue weighted by atomic mass is 32.2. The Morgan fingerprint density at radius 3 is 2.70 bits per heavy atom. The molecule has 0 aliphatic heterocycles. The molecule has 0 heterocycles. The standard InChI is InChI=1S/C22H27FO3S/c1-15(2)13-20(24)19-9-10-21(16(3)22(19)25)26-11-4-5-12-27-18-8-6-7-17(23)14-18/h6-10,14-15,25H,4-5,11-13H2,1-3H3. The Balaban J connectivity index is 1.79. The Kier molecular flexibility index (Phi) is 8.17. The second kappa shape index (κ2) is 10.4. The van der Waals surface area contributed by atoms with Gasteiger partial charge in [-0.3, -0.25) is 4.79 Å². The number of benzene rings is 2. The maximum absolute atomic E-state index is 13.1. The van der Waals surface area contributed by atoms with E-state index in [1.165, 1.54) is 12.1 Å². The minimum absolute atomic E-state index is 0.0137. The highest BCUT2D eigenvalue weighted by Crippen LogP contribution is 2.32. The summed E-state index contributed by atoms with van der Waals surface area (Å²) in [5.74, 6) is 1.49. The number of hydrogen-bond acceptors (Lipinski definition) is 4. The number of rotatable bonds is 10. The van der Waals surface area contributed by atoms with Crippen LogP contribution in [0.4, 0.5) is 4.39 Å². The first-order chi connectivity index (χ1) is 12.9. The molecule has 2 rings (SSSR count). The maximum Gasteiger partial charge on any atom is 0.166 e. The largest absolute Gasteiger partial charge is 0.507 e. The third-order valence-electron chi connectivity index (χ3n) is 4.14. The average molecular weight is 391 g/mol. The molecule has 0 unspecified atom stereocenters. The fourth-order valence-electron chi connectivity index (χ4n) is 2.68. The van der Waals surface area contributed by atoms with Crippen molar-refractivity contribution in [2.24, 2.45) is 5.92 Å². The van der Waals surface area contributed by atoms with Gasteiger partial charge in [-0.05, 0) is 61.8 Å². The number of ether oxygens (including phenoxy) is 1. The molecule has 146 valence electrons. The average Bonchev–Trinajstić information content (AvgIpc) is 2.60. The number of unbranched alkanes of at least 4 members (excludes halogenated alkanes) is 1. The number of halogens is 1. The molecule has 3 nitrogen and oxygen atoms in total. The molecule has 1 N–H and O–H groups in total. The Morgan fingerprint density at radius 1 is 1.22 bits per heavy atom. The minimum atomic E-state index is -0.214. The van der Waals surface area contributed by atoms with Crippen molar-refractivity contribution in [1.82, 2.24) is 0 Å². The molecule has 0 bridgehead atoms. The van der Waals surface area contributed by atoms with E-state index in [-0.39, 0.29) is 23.3 Å². The topological polar surface area (TPSA) is 46.5 Å². The summed E-state index contributed by atoms with van der Waals surface area (Å²) in [6, 6.07) is 9.99. The predicted molar refractivity (Wildman–Crippen MR) is 108 cm³/mol. The first-order valence-corrected chi connectivity index (χ1v) is 10.2. The van der Waals surface area contributed by atoms with E-state index >= 15 is 0 Å². The van der Waals surface area contributed by atoms with Crippen molar-refractivity contribution in [2.45, 2.75) is 44.9 Å². The van der Waals surface area contributed by atoms with Gasteiger partial charge in [0.15, 0.2) is 5.78 Å². The van der Waals surface area contributed by atoms with Gasteiger partial charge in [0.1, 0.15) is 17.3 Å². The molecule has 27 heavy (non-hydrogen) atoms. The summed E-state index contributed by atoms with van der Waals surface area (Å²) >= 11 is 1.62. The molecule has 5 heteroatoms. The van der Waals surface area contributed by atoms with Crippen molar-refractivity contribution in [3.63, 3.8) is 0 Å². The first-order valence-electron chi connectivity index (χ1n) is 9.25. The van der Waals surface area contributed by atoms with Crippen LogP contribution in [-0.2, 0) is 0 Å². The molecule has 0 aromatic heterocycles. The van der Waals surface area contributed by atoms with E-state index in [1.54, 1.807) is 36.9 Å². The number of thioether (sulfide) groups is 1. The van der Waals surface area contributed by atoms with Gasteiger partial charge >= 0.3 is 0 Å². The summed E-state index contributed by atoms with van der Waals surface area (Å²) in [5, 5.41) is 10.3.